The number of halogens is 1. The normalized spacial score (nSPS) is 18.3. The van der Waals surface area contributed by atoms with E-state index in [1.807, 2.05) is 0 Å². The lowest BCUT2D eigenvalue weighted by molar-refractivity contribution is -0.126. The van der Waals surface area contributed by atoms with Crippen LogP contribution in [0.2, 0.25) is 0 Å². The SMILES string of the molecule is Cc1ccc(CNC(=O)[C@@H]2CC(=O)N(c3ccc4c(c3)OCCO4)C2)cc1F. The zero-order valence-electron chi connectivity index (χ0n) is 15.5. The van der Waals surface area contributed by atoms with Gasteiger partial charge in [-0.25, -0.2) is 4.39 Å². The minimum atomic E-state index is -0.448. The average molecular weight is 384 g/mol. The van der Waals surface area contributed by atoms with Crippen LogP contribution in [-0.4, -0.2) is 31.6 Å². The van der Waals surface area contributed by atoms with E-state index >= 15 is 0 Å². The van der Waals surface area contributed by atoms with E-state index in [0.717, 1.165) is 0 Å². The number of ether oxygens (including phenoxy) is 2. The number of carbonyl (C=O) groups is 2. The molecule has 4 rings (SSSR count). The van der Waals surface area contributed by atoms with Crippen molar-refractivity contribution in [2.45, 2.75) is 19.9 Å². The number of amides is 2. The molecule has 0 saturated carbocycles. The van der Waals surface area contributed by atoms with Gasteiger partial charge in [0.25, 0.3) is 0 Å². The van der Waals surface area contributed by atoms with Crippen molar-refractivity contribution in [3.05, 3.63) is 53.3 Å². The largest absolute Gasteiger partial charge is 0.486 e. The third-order valence-electron chi connectivity index (χ3n) is 5.04. The van der Waals surface area contributed by atoms with Crippen LogP contribution < -0.4 is 19.7 Å². The Labute approximate surface area is 162 Å². The number of rotatable bonds is 4. The van der Waals surface area contributed by atoms with Gasteiger partial charge >= 0.3 is 0 Å². The summed E-state index contributed by atoms with van der Waals surface area (Å²) in [6, 6.07) is 10.2. The van der Waals surface area contributed by atoms with Crippen molar-refractivity contribution in [1.82, 2.24) is 5.32 Å². The summed E-state index contributed by atoms with van der Waals surface area (Å²) in [6.07, 6.45) is 0.141. The molecule has 2 amide bonds. The van der Waals surface area contributed by atoms with Gasteiger partial charge < -0.3 is 19.7 Å². The predicted molar refractivity (Wildman–Crippen MR) is 101 cm³/mol. The first-order chi connectivity index (χ1) is 13.5. The Hall–Kier alpha value is -3.09. The van der Waals surface area contributed by atoms with Gasteiger partial charge in [0.05, 0.1) is 5.92 Å². The number of aryl methyl sites for hydroxylation is 1. The summed E-state index contributed by atoms with van der Waals surface area (Å²) in [7, 11) is 0. The maximum Gasteiger partial charge on any atom is 0.227 e. The van der Waals surface area contributed by atoms with Gasteiger partial charge in [-0.3, -0.25) is 9.59 Å². The second kappa shape index (κ2) is 7.50. The molecule has 0 radical (unpaired) electrons. The van der Waals surface area contributed by atoms with Gasteiger partial charge in [0.15, 0.2) is 11.5 Å². The van der Waals surface area contributed by atoms with E-state index in [2.05, 4.69) is 5.32 Å². The van der Waals surface area contributed by atoms with Gasteiger partial charge in [0, 0.05) is 31.3 Å². The van der Waals surface area contributed by atoms with E-state index in [0.29, 0.717) is 48.1 Å². The van der Waals surface area contributed by atoms with Crippen LogP contribution in [0.25, 0.3) is 0 Å². The third kappa shape index (κ3) is 3.65. The fourth-order valence-electron chi connectivity index (χ4n) is 3.41. The molecule has 1 atom stereocenters. The van der Waals surface area contributed by atoms with Crippen LogP contribution >= 0.6 is 0 Å². The molecular formula is C21H21FN2O4. The Morgan fingerprint density at radius 3 is 2.75 bits per heavy atom. The second-order valence-electron chi connectivity index (χ2n) is 7.03. The highest BCUT2D eigenvalue weighted by molar-refractivity contribution is 6.00. The van der Waals surface area contributed by atoms with Gasteiger partial charge in [-0.15, -0.1) is 0 Å². The molecule has 0 aliphatic carbocycles. The molecule has 2 aromatic rings. The maximum atomic E-state index is 13.6. The zero-order chi connectivity index (χ0) is 19.7. The van der Waals surface area contributed by atoms with Crippen LogP contribution in [0, 0.1) is 18.7 Å². The topological polar surface area (TPSA) is 67.9 Å². The van der Waals surface area contributed by atoms with Crippen molar-refractivity contribution < 1.29 is 23.5 Å². The quantitative estimate of drug-likeness (QED) is 0.880. The number of hydrogen-bond acceptors (Lipinski definition) is 4. The highest BCUT2D eigenvalue weighted by atomic mass is 19.1. The predicted octanol–water partition coefficient (Wildman–Crippen LogP) is 2.57. The van der Waals surface area contributed by atoms with Gasteiger partial charge in [-0.05, 0) is 36.2 Å². The standard InChI is InChI=1S/C21H21FN2O4/c1-13-2-3-14(8-17(13)22)11-23-21(26)15-9-20(25)24(12-15)16-4-5-18-19(10-16)28-7-6-27-18/h2-5,8,10,15H,6-7,9,11-12H2,1H3,(H,23,26)/t15-/m1/s1. The number of nitrogens with one attached hydrogen (secondary N) is 1. The molecule has 28 heavy (non-hydrogen) atoms. The summed E-state index contributed by atoms with van der Waals surface area (Å²) in [6.45, 7) is 3.18. The van der Waals surface area contributed by atoms with E-state index in [1.54, 1.807) is 42.2 Å². The minimum Gasteiger partial charge on any atom is -0.486 e. The van der Waals surface area contributed by atoms with Crippen LogP contribution in [0.1, 0.15) is 17.5 Å². The van der Waals surface area contributed by atoms with Crippen LogP contribution in [0.15, 0.2) is 36.4 Å². The van der Waals surface area contributed by atoms with Crippen molar-refractivity contribution in [3.8, 4) is 11.5 Å². The van der Waals surface area contributed by atoms with Crippen LogP contribution in [-0.2, 0) is 16.1 Å². The Bertz CT molecular complexity index is 931. The summed E-state index contributed by atoms with van der Waals surface area (Å²) in [5.74, 6) is 0.184. The van der Waals surface area contributed by atoms with Gasteiger partial charge in [-0.2, -0.15) is 0 Å². The zero-order valence-corrected chi connectivity index (χ0v) is 15.5. The summed E-state index contributed by atoms with van der Waals surface area (Å²) in [5.41, 5.74) is 1.93. The molecule has 2 heterocycles. The molecule has 0 bridgehead atoms. The molecule has 1 N–H and O–H groups in total. The van der Waals surface area contributed by atoms with E-state index < -0.39 is 5.92 Å². The number of anilines is 1. The summed E-state index contributed by atoms with van der Waals surface area (Å²) in [5, 5.41) is 2.80. The molecule has 7 heteroatoms. The molecule has 1 saturated heterocycles. The number of nitrogens with zero attached hydrogens (tertiary/aromatic N) is 1. The smallest absolute Gasteiger partial charge is 0.227 e. The maximum absolute atomic E-state index is 13.6. The molecule has 0 aromatic heterocycles. The molecule has 146 valence electrons. The van der Waals surface area contributed by atoms with Gasteiger partial charge in [-0.1, -0.05) is 12.1 Å². The Balaban J connectivity index is 1.40. The van der Waals surface area contributed by atoms with Crippen molar-refractivity contribution in [3.63, 3.8) is 0 Å². The minimum absolute atomic E-state index is 0.113. The van der Waals surface area contributed by atoms with Crippen LogP contribution in [0.5, 0.6) is 11.5 Å². The molecule has 6 nitrogen and oxygen atoms in total. The summed E-state index contributed by atoms with van der Waals surface area (Å²) in [4.78, 5) is 26.5. The Morgan fingerprint density at radius 2 is 1.96 bits per heavy atom. The molecule has 2 aliphatic rings. The lowest BCUT2D eigenvalue weighted by atomic mass is 10.1. The van der Waals surface area contributed by atoms with E-state index in [1.165, 1.54) is 6.07 Å². The number of benzene rings is 2. The molecule has 2 aromatic carbocycles. The average Bonchev–Trinajstić information content (AvgIpc) is 3.10. The molecule has 0 unspecified atom stereocenters. The molecule has 1 fully saturated rings. The fourth-order valence-corrected chi connectivity index (χ4v) is 3.41. The number of carbonyl (C=O) groups excluding carboxylic acids is 2. The van der Waals surface area contributed by atoms with E-state index in [4.69, 9.17) is 9.47 Å². The third-order valence-corrected chi connectivity index (χ3v) is 5.04. The van der Waals surface area contributed by atoms with Crippen molar-refractivity contribution in [1.29, 1.82) is 0 Å². The van der Waals surface area contributed by atoms with E-state index in [-0.39, 0.29) is 30.6 Å². The first-order valence-electron chi connectivity index (χ1n) is 9.24. The highest BCUT2D eigenvalue weighted by Gasteiger charge is 2.35. The van der Waals surface area contributed by atoms with Crippen molar-refractivity contribution >= 4 is 17.5 Å². The van der Waals surface area contributed by atoms with Crippen LogP contribution in [0.3, 0.4) is 0 Å². The van der Waals surface area contributed by atoms with Crippen LogP contribution in [0.4, 0.5) is 10.1 Å². The lowest BCUT2D eigenvalue weighted by Gasteiger charge is -2.22. The van der Waals surface area contributed by atoms with Crippen molar-refractivity contribution in [2.24, 2.45) is 5.92 Å². The lowest BCUT2D eigenvalue weighted by Crippen LogP contribution is -2.32. The summed E-state index contributed by atoms with van der Waals surface area (Å²) >= 11 is 0. The second-order valence-corrected chi connectivity index (χ2v) is 7.03. The number of fused-ring (bicyclic) bond motifs is 1. The molecule has 2 aliphatic heterocycles. The van der Waals surface area contributed by atoms with Crippen molar-refractivity contribution in [2.75, 3.05) is 24.7 Å². The molecular weight excluding hydrogens is 363 g/mol. The highest BCUT2D eigenvalue weighted by Crippen LogP contribution is 2.36. The number of hydrogen-bond donors (Lipinski definition) is 1. The van der Waals surface area contributed by atoms with Gasteiger partial charge in [0.1, 0.15) is 19.0 Å². The first-order valence-corrected chi connectivity index (χ1v) is 9.24. The van der Waals surface area contributed by atoms with E-state index in [9.17, 15) is 14.0 Å². The first kappa shape index (κ1) is 18.3. The van der Waals surface area contributed by atoms with Gasteiger partial charge in [0.2, 0.25) is 11.8 Å². The molecule has 0 spiro atoms. The Morgan fingerprint density at radius 1 is 1.18 bits per heavy atom. The monoisotopic (exact) mass is 384 g/mol. The summed E-state index contributed by atoms with van der Waals surface area (Å²) < 4.78 is 24.7. The fraction of sp³-hybridized carbons (Fsp3) is 0.333. The Kier molecular flexibility index (Phi) is 4.90.